The van der Waals surface area contributed by atoms with Gasteiger partial charge in [-0.15, -0.1) is 11.3 Å². The lowest BCUT2D eigenvalue weighted by atomic mass is 9.90. The molecule has 3 heterocycles. The fourth-order valence-corrected chi connectivity index (χ4v) is 6.91. The van der Waals surface area contributed by atoms with Gasteiger partial charge >= 0.3 is 0 Å². The van der Waals surface area contributed by atoms with Crippen LogP contribution in [0, 0.1) is 31.1 Å². The van der Waals surface area contributed by atoms with E-state index in [9.17, 15) is 14.9 Å². The molecule has 0 saturated carbocycles. The standard InChI is InChI=1S/C28H25N3O3S/c1-16-11-13-18(14-12-16)24-23-25(34-31(24)21-9-5-3-7-17(21)2)27(33)30(26(23)32)28-20(15-29)19-8-4-6-10-22(19)35-28/h3,5,7,9,11-14,23-25H,4,6,8,10H2,1-2H3/t23-,24+,25+/m0/s1. The molecule has 35 heavy (non-hydrogen) atoms. The Labute approximate surface area is 208 Å². The van der Waals surface area contributed by atoms with Crippen LogP contribution in [0.3, 0.4) is 0 Å². The van der Waals surface area contributed by atoms with Crippen molar-refractivity contribution in [2.24, 2.45) is 5.92 Å². The fourth-order valence-electron chi connectivity index (χ4n) is 5.56. The summed E-state index contributed by atoms with van der Waals surface area (Å²) in [6.07, 6.45) is 2.87. The van der Waals surface area contributed by atoms with Gasteiger partial charge in [-0.3, -0.25) is 14.4 Å². The zero-order chi connectivity index (χ0) is 24.3. The molecule has 0 spiro atoms. The molecule has 3 aliphatic rings. The highest BCUT2D eigenvalue weighted by molar-refractivity contribution is 7.17. The van der Waals surface area contributed by atoms with Gasteiger partial charge in [-0.05, 0) is 62.3 Å². The molecule has 2 aliphatic heterocycles. The van der Waals surface area contributed by atoms with Gasteiger partial charge in [0.25, 0.3) is 5.91 Å². The molecule has 1 aromatic heterocycles. The molecule has 0 bridgehead atoms. The van der Waals surface area contributed by atoms with Crippen LogP contribution in [0.15, 0.2) is 48.5 Å². The largest absolute Gasteiger partial charge is 0.273 e. The number of hydrogen-bond donors (Lipinski definition) is 0. The van der Waals surface area contributed by atoms with Gasteiger partial charge in [-0.25, -0.2) is 9.96 Å². The van der Waals surface area contributed by atoms with E-state index in [-0.39, 0.29) is 11.8 Å². The first-order chi connectivity index (χ1) is 17.0. The number of aryl methyl sites for hydroxylation is 3. The number of amides is 2. The van der Waals surface area contributed by atoms with E-state index in [1.807, 2.05) is 62.4 Å². The molecule has 2 aromatic carbocycles. The fraction of sp³-hybridized carbons (Fsp3) is 0.321. The summed E-state index contributed by atoms with van der Waals surface area (Å²) >= 11 is 1.42. The monoisotopic (exact) mass is 483 g/mol. The van der Waals surface area contributed by atoms with E-state index >= 15 is 0 Å². The number of thiophene rings is 1. The molecular formula is C28H25N3O3S. The van der Waals surface area contributed by atoms with Crippen LogP contribution in [-0.4, -0.2) is 17.9 Å². The van der Waals surface area contributed by atoms with Crippen LogP contribution in [0.5, 0.6) is 0 Å². The maximum atomic E-state index is 14.0. The summed E-state index contributed by atoms with van der Waals surface area (Å²) in [5, 5.41) is 12.2. The number of para-hydroxylation sites is 1. The third-order valence-electron chi connectivity index (χ3n) is 7.35. The third kappa shape index (κ3) is 3.32. The van der Waals surface area contributed by atoms with Crippen LogP contribution in [0.1, 0.15) is 51.6 Å². The van der Waals surface area contributed by atoms with Gasteiger partial charge < -0.3 is 0 Å². The molecule has 3 atom stereocenters. The summed E-state index contributed by atoms with van der Waals surface area (Å²) in [6.45, 7) is 4.01. The second-order valence-electron chi connectivity index (χ2n) is 9.53. The second kappa shape index (κ2) is 8.33. The summed E-state index contributed by atoms with van der Waals surface area (Å²) in [6, 6.07) is 17.7. The number of benzene rings is 2. The zero-order valence-electron chi connectivity index (χ0n) is 19.7. The van der Waals surface area contributed by atoms with E-state index < -0.39 is 18.1 Å². The van der Waals surface area contributed by atoms with E-state index in [0.717, 1.165) is 58.5 Å². The molecule has 6 rings (SSSR count). The van der Waals surface area contributed by atoms with Crippen LogP contribution in [-0.2, 0) is 27.3 Å². The average Bonchev–Trinajstić information content (AvgIpc) is 3.50. The van der Waals surface area contributed by atoms with Gasteiger partial charge in [0.1, 0.15) is 17.0 Å². The number of fused-ring (bicyclic) bond motifs is 2. The van der Waals surface area contributed by atoms with Crippen molar-refractivity contribution in [2.75, 3.05) is 9.96 Å². The Morgan fingerprint density at radius 1 is 1.00 bits per heavy atom. The maximum Gasteiger partial charge on any atom is 0.267 e. The number of hydrogen-bond acceptors (Lipinski definition) is 6. The van der Waals surface area contributed by atoms with E-state index in [1.54, 1.807) is 5.06 Å². The van der Waals surface area contributed by atoms with Crippen LogP contribution in [0.4, 0.5) is 10.7 Å². The first kappa shape index (κ1) is 22.0. The lowest BCUT2D eigenvalue weighted by molar-refractivity contribution is -0.126. The van der Waals surface area contributed by atoms with Crippen molar-refractivity contribution >= 4 is 33.8 Å². The molecule has 2 saturated heterocycles. The Morgan fingerprint density at radius 3 is 2.49 bits per heavy atom. The number of rotatable bonds is 3. The number of carbonyl (C=O) groups is 2. The highest BCUT2D eigenvalue weighted by atomic mass is 32.1. The molecule has 2 amide bonds. The lowest BCUT2D eigenvalue weighted by Crippen LogP contribution is -2.37. The van der Waals surface area contributed by atoms with Gasteiger partial charge in [0.2, 0.25) is 5.91 Å². The normalized spacial score (nSPS) is 23.4. The van der Waals surface area contributed by atoms with Crippen molar-refractivity contribution < 1.29 is 14.4 Å². The zero-order valence-corrected chi connectivity index (χ0v) is 20.5. The van der Waals surface area contributed by atoms with Gasteiger partial charge in [0.05, 0.1) is 17.3 Å². The highest BCUT2D eigenvalue weighted by Crippen LogP contribution is 2.50. The van der Waals surface area contributed by atoms with Gasteiger partial charge in [0, 0.05) is 4.88 Å². The Kier molecular flexibility index (Phi) is 5.24. The molecular weight excluding hydrogens is 458 g/mol. The minimum Gasteiger partial charge on any atom is -0.273 e. The molecule has 0 unspecified atom stereocenters. The summed E-state index contributed by atoms with van der Waals surface area (Å²) in [7, 11) is 0. The van der Waals surface area contributed by atoms with Crippen LogP contribution in [0.25, 0.3) is 0 Å². The predicted octanol–water partition coefficient (Wildman–Crippen LogP) is 5.17. The number of nitrogens with zero attached hydrogens (tertiary/aromatic N) is 3. The molecule has 6 nitrogen and oxygen atoms in total. The smallest absolute Gasteiger partial charge is 0.267 e. The Balaban J connectivity index is 1.45. The minimum atomic E-state index is -0.931. The van der Waals surface area contributed by atoms with Crippen molar-refractivity contribution in [1.82, 2.24) is 0 Å². The van der Waals surface area contributed by atoms with Crippen molar-refractivity contribution in [2.45, 2.75) is 51.7 Å². The van der Waals surface area contributed by atoms with Gasteiger partial charge in [-0.2, -0.15) is 5.26 Å². The summed E-state index contributed by atoms with van der Waals surface area (Å²) < 4.78 is 0. The summed E-state index contributed by atoms with van der Waals surface area (Å²) in [4.78, 5) is 36.4. The molecule has 1 aliphatic carbocycles. The van der Waals surface area contributed by atoms with E-state index in [1.165, 1.54) is 16.2 Å². The van der Waals surface area contributed by atoms with Crippen molar-refractivity contribution in [3.63, 3.8) is 0 Å². The molecule has 7 heteroatoms. The summed E-state index contributed by atoms with van der Waals surface area (Å²) in [5.41, 5.74) is 5.36. The third-order valence-corrected chi connectivity index (χ3v) is 8.63. The van der Waals surface area contributed by atoms with Crippen LogP contribution in [0.2, 0.25) is 0 Å². The van der Waals surface area contributed by atoms with Crippen molar-refractivity contribution in [3.05, 3.63) is 81.2 Å². The second-order valence-corrected chi connectivity index (χ2v) is 10.6. The Bertz CT molecular complexity index is 1390. The SMILES string of the molecule is Cc1ccc([C@@H]2[C@@H]3C(=O)N(c4sc5c(c4C#N)CCCC5)C(=O)[C@@H]3ON2c2ccccc2C)cc1. The van der Waals surface area contributed by atoms with Crippen LogP contribution < -0.4 is 9.96 Å². The lowest BCUT2D eigenvalue weighted by Gasteiger charge is -2.29. The van der Waals surface area contributed by atoms with E-state index in [4.69, 9.17) is 4.84 Å². The molecule has 2 fully saturated rings. The van der Waals surface area contributed by atoms with Gasteiger partial charge in [0.15, 0.2) is 6.10 Å². The predicted molar refractivity (Wildman–Crippen MR) is 134 cm³/mol. The first-order valence-corrected chi connectivity index (χ1v) is 12.8. The van der Waals surface area contributed by atoms with Crippen LogP contribution >= 0.6 is 11.3 Å². The Morgan fingerprint density at radius 2 is 1.74 bits per heavy atom. The number of imide groups is 1. The number of hydroxylamine groups is 1. The maximum absolute atomic E-state index is 14.0. The van der Waals surface area contributed by atoms with Crippen molar-refractivity contribution in [3.8, 4) is 6.07 Å². The van der Waals surface area contributed by atoms with E-state index in [0.29, 0.717) is 10.6 Å². The topological polar surface area (TPSA) is 73.6 Å². The Hall–Kier alpha value is -3.47. The quantitative estimate of drug-likeness (QED) is 0.481. The van der Waals surface area contributed by atoms with E-state index in [2.05, 4.69) is 6.07 Å². The molecule has 0 radical (unpaired) electrons. The highest BCUT2D eigenvalue weighted by Gasteiger charge is 2.61. The number of anilines is 2. The van der Waals surface area contributed by atoms with Gasteiger partial charge in [-0.1, -0.05) is 48.0 Å². The van der Waals surface area contributed by atoms with Crippen molar-refractivity contribution in [1.29, 1.82) is 5.26 Å². The molecule has 0 N–H and O–H groups in total. The first-order valence-electron chi connectivity index (χ1n) is 12.0. The average molecular weight is 484 g/mol. The molecule has 3 aromatic rings. The minimum absolute atomic E-state index is 0.295. The number of nitriles is 1. The number of carbonyl (C=O) groups excluding carboxylic acids is 2. The summed E-state index contributed by atoms with van der Waals surface area (Å²) in [5.74, 6) is -1.38. The molecule has 176 valence electrons.